The van der Waals surface area contributed by atoms with Gasteiger partial charge in [-0.05, 0) is 26.8 Å². The zero-order valence-electron chi connectivity index (χ0n) is 18.3. The summed E-state index contributed by atoms with van der Waals surface area (Å²) in [7, 11) is 1.80. The van der Waals surface area contributed by atoms with Crippen LogP contribution in [0.4, 0.5) is 20.6 Å². The minimum Gasteiger partial charge on any atom is -0.444 e. The summed E-state index contributed by atoms with van der Waals surface area (Å²) in [5.74, 6) is -1.53. The van der Waals surface area contributed by atoms with Crippen molar-refractivity contribution in [3.63, 3.8) is 0 Å². The molecule has 11 nitrogen and oxygen atoms in total. The van der Waals surface area contributed by atoms with Gasteiger partial charge < -0.3 is 10.1 Å². The van der Waals surface area contributed by atoms with Crippen molar-refractivity contribution < 1.29 is 18.7 Å². The number of hydrogen-bond acceptors (Lipinski definition) is 7. The van der Waals surface area contributed by atoms with Gasteiger partial charge in [0.25, 0.3) is 5.91 Å². The van der Waals surface area contributed by atoms with Crippen LogP contribution in [-0.2, 0) is 11.8 Å². The summed E-state index contributed by atoms with van der Waals surface area (Å²) in [5, 5.41) is 13.2. The van der Waals surface area contributed by atoms with Gasteiger partial charge in [-0.2, -0.15) is 14.6 Å². The summed E-state index contributed by atoms with van der Waals surface area (Å²) >= 11 is 0. The van der Waals surface area contributed by atoms with Crippen molar-refractivity contribution in [2.24, 2.45) is 7.05 Å². The zero-order chi connectivity index (χ0) is 23.8. The minimum atomic E-state index is -0.911. The number of aryl methyl sites for hydroxylation is 1. The third kappa shape index (κ3) is 4.95. The van der Waals surface area contributed by atoms with Gasteiger partial charge in [0.05, 0.1) is 59.1 Å². The number of nitrogens with one attached hydrogen (secondary N) is 2. The van der Waals surface area contributed by atoms with E-state index >= 15 is 0 Å². The van der Waals surface area contributed by atoms with Crippen LogP contribution in [0.3, 0.4) is 0 Å². The average Bonchev–Trinajstić information content (AvgIpc) is 3.34. The maximum atomic E-state index is 14.2. The molecule has 0 aliphatic rings. The Labute approximate surface area is 187 Å². The van der Waals surface area contributed by atoms with Gasteiger partial charge >= 0.3 is 6.09 Å². The molecule has 0 aliphatic carbocycles. The van der Waals surface area contributed by atoms with E-state index < -0.39 is 23.5 Å². The highest BCUT2D eigenvalue weighted by molar-refractivity contribution is 6.09. The maximum absolute atomic E-state index is 14.2. The number of carbonyl (C=O) groups is 2. The van der Waals surface area contributed by atoms with Crippen molar-refractivity contribution in [1.82, 2.24) is 29.4 Å². The predicted molar refractivity (Wildman–Crippen MR) is 117 cm³/mol. The molecule has 0 bridgehead atoms. The lowest BCUT2D eigenvalue weighted by atomic mass is 10.2. The highest BCUT2D eigenvalue weighted by Gasteiger charge is 2.19. The fourth-order valence-electron chi connectivity index (χ4n) is 2.98. The number of aromatic nitrogens is 6. The lowest BCUT2D eigenvalue weighted by Crippen LogP contribution is -2.27. The molecule has 12 heteroatoms. The zero-order valence-corrected chi connectivity index (χ0v) is 18.3. The Morgan fingerprint density at radius 1 is 1.03 bits per heavy atom. The molecule has 4 rings (SSSR count). The number of carbonyl (C=O) groups excluding carboxylic acids is 2. The second-order valence-electron chi connectivity index (χ2n) is 8.21. The molecule has 0 spiro atoms. The molecule has 0 aromatic carbocycles. The largest absolute Gasteiger partial charge is 0.444 e. The van der Waals surface area contributed by atoms with E-state index in [0.717, 1.165) is 11.8 Å². The van der Waals surface area contributed by atoms with Crippen LogP contribution in [0.15, 0.2) is 43.2 Å². The fourth-order valence-corrected chi connectivity index (χ4v) is 2.98. The molecule has 0 saturated carbocycles. The number of pyridine rings is 1. The van der Waals surface area contributed by atoms with E-state index in [2.05, 4.69) is 30.8 Å². The third-order valence-corrected chi connectivity index (χ3v) is 4.38. The number of hydrogen-bond donors (Lipinski definition) is 2. The molecule has 4 aromatic heterocycles. The molecule has 2 N–H and O–H groups in total. The van der Waals surface area contributed by atoms with Crippen LogP contribution < -0.4 is 10.6 Å². The van der Waals surface area contributed by atoms with Crippen molar-refractivity contribution >= 4 is 28.9 Å². The van der Waals surface area contributed by atoms with Crippen LogP contribution >= 0.6 is 0 Å². The monoisotopic (exact) mass is 452 g/mol. The van der Waals surface area contributed by atoms with Crippen molar-refractivity contribution in [3.05, 3.63) is 54.8 Å². The van der Waals surface area contributed by atoms with Crippen molar-refractivity contribution in [3.8, 4) is 11.3 Å². The number of rotatable bonds is 4. The number of amides is 2. The first kappa shape index (κ1) is 21.9. The standard InChI is InChI=1S/C21H21FN8O3/c1-21(2,3)33-20(32)27-13-5-15(18(22)24-7-13)28-19(31)14-8-26-30-11-16(23-9-17(14)30)12-6-25-29(4)10-12/h5-11H,1-4H3,(H,27,32)(H,28,31). The molecule has 0 atom stereocenters. The second-order valence-corrected chi connectivity index (χ2v) is 8.21. The quantitative estimate of drug-likeness (QED) is 0.455. The molecule has 4 aromatic rings. The summed E-state index contributed by atoms with van der Waals surface area (Å²) in [4.78, 5) is 32.7. The SMILES string of the molecule is Cn1cc(-c2cn3ncc(C(=O)Nc4cc(NC(=O)OC(C)(C)C)cnc4F)c3cn2)cn1. The van der Waals surface area contributed by atoms with E-state index in [0.29, 0.717) is 11.2 Å². The fraction of sp³-hybridized carbons (Fsp3) is 0.238. The lowest BCUT2D eigenvalue weighted by Gasteiger charge is -2.19. The summed E-state index contributed by atoms with van der Waals surface area (Å²) in [6.45, 7) is 5.14. The maximum Gasteiger partial charge on any atom is 0.412 e. The lowest BCUT2D eigenvalue weighted by molar-refractivity contribution is 0.0635. The molecule has 2 amide bonds. The number of nitrogens with zero attached hydrogens (tertiary/aromatic N) is 6. The number of fused-ring (bicyclic) bond motifs is 1. The molecular formula is C21H21FN8O3. The predicted octanol–water partition coefficient (Wildman–Crippen LogP) is 3.26. The number of anilines is 2. The van der Waals surface area contributed by atoms with E-state index in [-0.39, 0.29) is 16.9 Å². The van der Waals surface area contributed by atoms with Crippen LogP contribution in [0.2, 0.25) is 0 Å². The van der Waals surface area contributed by atoms with Crippen LogP contribution in [0, 0.1) is 5.95 Å². The number of halogens is 1. The molecule has 0 fully saturated rings. The molecule has 4 heterocycles. The van der Waals surface area contributed by atoms with Crippen molar-refractivity contribution in [1.29, 1.82) is 0 Å². The second kappa shape index (κ2) is 8.30. The van der Waals surface area contributed by atoms with Crippen molar-refractivity contribution in [2.75, 3.05) is 10.6 Å². The molecule has 0 aliphatic heterocycles. The van der Waals surface area contributed by atoms with Gasteiger partial charge in [0, 0.05) is 18.8 Å². The Hall–Kier alpha value is -4.35. The van der Waals surface area contributed by atoms with E-state index in [1.165, 1.54) is 23.0 Å². The first-order valence-electron chi connectivity index (χ1n) is 9.88. The van der Waals surface area contributed by atoms with Gasteiger partial charge in [0.2, 0.25) is 5.95 Å². The first-order valence-corrected chi connectivity index (χ1v) is 9.88. The van der Waals surface area contributed by atoms with E-state index in [4.69, 9.17) is 4.74 Å². The van der Waals surface area contributed by atoms with Gasteiger partial charge in [0.1, 0.15) is 5.60 Å². The Kier molecular flexibility index (Phi) is 5.50. The minimum absolute atomic E-state index is 0.156. The van der Waals surface area contributed by atoms with Crippen LogP contribution in [0.25, 0.3) is 16.8 Å². The topological polar surface area (TPSA) is 128 Å². The Balaban J connectivity index is 1.54. The van der Waals surface area contributed by atoms with Gasteiger partial charge in [-0.25, -0.2) is 14.3 Å². The summed E-state index contributed by atoms with van der Waals surface area (Å²) in [6.07, 6.45) is 8.38. The van der Waals surface area contributed by atoms with E-state index in [1.807, 2.05) is 0 Å². The summed E-state index contributed by atoms with van der Waals surface area (Å²) in [5.41, 5.74) is 1.27. The summed E-state index contributed by atoms with van der Waals surface area (Å²) < 4.78 is 22.5. The highest BCUT2D eigenvalue weighted by atomic mass is 19.1. The van der Waals surface area contributed by atoms with Gasteiger partial charge in [-0.1, -0.05) is 0 Å². The first-order chi connectivity index (χ1) is 15.6. The summed E-state index contributed by atoms with van der Waals surface area (Å²) in [6, 6.07) is 1.24. The molecule has 170 valence electrons. The number of ether oxygens (including phenoxy) is 1. The highest BCUT2D eigenvalue weighted by Crippen LogP contribution is 2.21. The van der Waals surface area contributed by atoms with Crippen LogP contribution in [0.1, 0.15) is 31.1 Å². The van der Waals surface area contributed by atoms with Crippen molar-refractivity contribution in [2.45, 2.75) is 26.4 Å². The normalized spacial score (nSPS) is 11.4. The van der Waals surface area contributed by atoms with Gasteiger partial charge in [-0.3, -0.25) is 19.8 Å². The molecule has 33 heavy (non-hydrogen) atoms. The molecule has 0 radical (unpaired) electrons. The van der Waals surface area contributed by atoms with E-state index in [1.54, 1.807) is 51.1 Å². The average molecular weight is 452 g/mol. The van der Waals surface area contributed by atoms with Crippen LogP contribution in [0.5, 0.6) is 0 Å². The smallest absolute Gasteiger partial charge is 0.412 e. The molecule has 0 unspecified atom stereocenters. The van der Waals surface area contributed by atoms with Gasteiger partial charge in [0.15, 0.2) is 0 Å². The third-order valence-electron chi connectivity index (χ3n) is 4.38. The van der Waals surface area contributed by atoms with Gasteiger partial charge in [-0.15, -0.1) is 0 Å². The Morgan fingerprint density at radius 3 is 2.52 bits per heavy atom. The Bertz CT molecular complexity index is 1360. The van der Waals surface area contributed by atoms with Crippen LogP contribution in [-0.4, -0.2) is 47.0 Å². The molecular weight excluding hydrogens is 431 g/mol. The van der Waals surface area contributed by atoms with E-state index in [9.17, 15) is 14.0 Å². The Morgan fingerprint density at radius 2 is 1.82 bits per heavy atom. The molecule has 0 saturated heterocycles.